The van der Waals surface area contributed by atoms with Crippen LogP contribution < -0.4 is 4.90 Å². The van der Waals surface area contributed by atoms with Crippen LogP contribution in [0.2, 0.25) is 0 Å². The van der Waals surface area contributed by atoms with Gasteiger partial charge in [-0.05, 0) is 65.6 Å². The highest BCUT2D eigenvalue weighted by atomic mass is 15.1. The van der Waals surface area contributed by atoms with Gasteiger partial charge in [0.2, 0.25) is 0 Å². The molecule has 0 amide bonds. The van der Waals surface area contributed by atoms with E-state index in [1.807, 2.05) is 48.8 Å². The van der Waals surface area contributed by atoms with Gasteiger partial charge < -0.3 is 4.90 Å². The molecule has 0 aliphatic heterocycles. The maximum atomic E-state index is 4.62. The number of pyridine rings is 1. The van der Waals surface area contributed by atoms with Crippen LogP contribution in [-0.4, -0.2) is 25.3 Å². The Morgan fingerprint density at radius 3 is 2.37 bits per heavy atom. The first-order valence-electron chi connectivity index (χ1n) is 10.0. The van der Waals surface area contributed by atoms with Crippen LogP contribution in [0.25, 0.3) is 23.1 Å². The molecule has 148 valence electrons. The summed E-state index contributed by atoms with van der Waals surface area (Å²) in [6.45, 7) is 2.12. The Morgan fingerprint density at radius 1 is 0.833 bits per heavy atom. The van der Waals surface area contributed by atoms with Gasteiger partial charge in [0.05, 0.1) is 11.2 Å². The van der Waals surface area contributed by atoms with Gasteiger partial charge in [0.1, 0.15) is 0 Å². The second-order valence-electron chi connectivity index (χ2n) is 7.54. The second kappa shape index (κ2) is 8.75. The molecule has 1 heterocycles. The molecule has 4 rings (SSSR count). The molecule has 0 fully saturated rings. The molecule has 0 spiro atoms. The average molecular weight is 392 g/mol. The quantitative estimate of drug-likeness (QED) is 0.362. The second-order valence-corrected chi connectivity index (χ2v) is 7.54. The molecule has 4 aromatic rings. The van der Waals surface area contributed by atoms with Gasteiger partial charge in [-0.2, -0.15) is 0 Å². The third-order valence-corrected chi connectivity index (χ3v) is 5.10. The Morgan fingerprint density at radius 2 is 1.60 bits per heavy atom. The first-order valence-corrected chi connectivity index (χ1v) is 10.0. The fourth-order valence-corrected chi connectivity index (χ4v) is 3.53. The lowest BCUT2D eigenvalue weighted by Gasteiger charge is -2.15. The van der Waals surface area contributed by atoms with Gasteiger partial charge in [-0.1, -0.05) is 48.6 Å². The molecule has 0 unspecified atom stereocenters. The first-order chi connectivity index (χ1) is 14.6. The fourth-order valence-electron chi connectivity index (χ4n) is 3.53. The Kier molecular flexibility index (Phi) is 5.71. The number of aliphatic imine (C=N–C) groups is 1. The Balaban J connectivity index is 1.48. The minimum atomic E-state index is 0.941. The smallest absolute Gasteiger partial charge is 0.0707 e. The van der Waals surface area contributed by atoms with Crippen molar-refractivity contribution < 1.29 is 0 Å². The summed E-state index contributed by atoms with van der Waals surface area (Å²) in [7, 11) is 4.12. The summed E-state index contributed by atoms with van der Waals surface area (Å²) in [6.07, 6.45) is 8.03. The predicted molar refractivity (Wildman–Crippen MR) is 130 cm³/mol. The monoisotopic (exact) mass is 391 g/mol. The number of anilines is 1. The average Bonchev–Trinajstić information content (AvgIpc) is 2.76. The molecule has 0 saturated heterocycles. The Hall–Kier alpha value is -3.72. The molecular weight excluding hydrogens is 366 g/mol. The molecular formula is C27H25N3. The number of aromatic nitrogens is 1. The van der Waals surface area contributed by atoms with Crippen LogP contribution in [0, 0.1) is 6.92 Å². The number of benzene rings is 3. The van der Waals surface area contributed by atoms with Crippen molar-refractivity contribution in [3.05, 3.63) is 101 Å². The summed E-state index contributed by atoms with van der Waals surface area (Å²) in [5.41, 5.74) is 7.83. The Labute approximate surface area is 178 Å². The summed E-state index contributed by atoms with van der Waals surface area (Å²) >= 11 is 0. The standard InChI is InChI=1S/C27H25N3/c1-20-18-22(11-15-27(20)30(2)3)19-29-24-13-9-21(10-14-24)8-12-23-16-17-28-26-7-5-4-6-25(23)26/h4-19H,1-3H3/b12-8+,29-19?. The lowest BCUT2D eigenvalue weighted by molar-refractivity contribution is 1.11. The number of hydrogen-bond acceptors (Lipinski definition) is 3. The molecule has 3 heteroatoms. The van der Waals surface area contributed by atoms with Crippen molar-refractivity contribution in [3.63, 3.8) is 0 Å². The van der Waals surface area contributed by atoms with Crippen LogP contribution in [-0.2, 0) is 0 Å². The highest BCUT2D eigenvalue weighted by molar-refractivity contribution is 5.90. The zero-order chi connectivity index (χ0) is 20.9. The fraction of sp³-hybridized carbons (Fsp3) is 0.111. The number of aryl methyl sites for hydroxylation is 1. The van der Waals surface area contributed by atoms with E-state index in [1.165, 1.54) is 16.8 Å². The first kappa shape index (κ1) is 19.6. The van der Waals surface area contributed by atoms with E-state index < -0.39 is 0 Å². The van der Waals surface area contributed by atoms with E-state index in [-0.39, 0.29) is 0 Å². The van der Waals surface area contributed by atoms with Crippen molar-refractivity contribution in [2.45, 2.75) is 6.92 Å². The third-order valence-electron chi connectivity index (χ3n) is 5.10. The molecule has 0 bridgehead atoms. The van der Waals surface area contributed by atoms with Crippen LogP contribution >= 0.6 is 0 Å². The molecule has 3 nitrogen and oxygen atoms in total. The van der Waals surface area contributed by atoms with E-state index in [0.717, 1.165) is 27.7 Å². The summed E-state index contributed by atoms with van der Waals surface area (Å²) in [6, 6.07) is 24.9. The van der Waals surface area contributed by atoms with Gasteiger partial charge >= 0.3 is 0 Å². The molecule has 0 aliphatic rings. The normalized spacial score (nSPS) is 11.6. The molecule has 0 aliphatic carbocycles. The number of nitrogens with zero attached hydrogens (tertiary/aromatic N) is 3. The highest BCUT2D eigenvalue weighted by Gasteiger charge is 2.01. The summed E-state index contributed by atoms with van der Waals surface area (Å²) in [4.78, 5) is 11.2. The lowest BCUT2D eigenvalue weighted by atomic mass is 10.1. The molecule has 0 N–H and O–H groups in total. The molecule has 0 radical (unpaired) electrons. The summed E-state index contributed by atoms with van der Waals surface area (Å²) in [5.74, 6) is 0. The lowest BCUT2D eigenvalue weighted by Crippen LogP contribution is -2.10. The highest BCUT2D eigenvalue weighted by Crippen LogP contribution is 2.21. The minimum Gasteiger partial charge on any atom is -0.377 e. The van der Waals surface area contributed by atoms with Gasteiger partial charge in [0.15, 0.2) is 0 Å². The van der Waals surface area contributed by atoms with Crippen LogP contribution in [0.1, 0.15) is 22.3 Å². The van der Waals surface area contributed by atoms with Crippen LogP contribution in [0.3, 0.4) is 0 Å². The summed E-state index contributed by atoms with van der Waals surface area (Å²) in [5, 5.41) is 1.16. The number of hydrogen-bond donors (Lipinski definition) is 0. The SMILES string of the molecule is Cc1cc(C=Nc2ccc(/C=C/c3ccnc4ccccc34)cc2)ccc1N(C)C. The van der Waals surface area contributed by atoms with Crippen molar-refractivity contribution in [1.82, 2.24) is 4.98 Å². The maximum absolute atomic E-state index is 4.62. The van der Waals surface area contributed by atoms with Gasteiger partial charge in [-0.25, -0.2) is 0 Å². The summed E-state index contributed by atoms with van der Waals surface area (Å²) < 4.78 is 0. The van der Waals surface area contributed by atoms with Crippen LogP contribution in [0.15, 0.2) is 84.0 Å². The molecule has 1 aromatic heterocycles. The van der Waals surface area contributed by atoms with Crippen molar-refractivity contribution in [2.75, 3.05) is 19.0 Å². The third kappa shape index (κ3) is 4.47. The van der Waals surface area contributed by atoms with E-state index in [2.05, 4.69) is 84.4 Å². The molecule has 0 saturated carbocycles. The predicted octanol–water partition coefficient (Wildman–Crippen LogP) is 6.53. The maximum Gasteiger partial charge on any atom is 0.0707 e. The molecule has 3 aromatic carbocycles. The van der Waals surface area contributed by atoms with Crippen molar-refractivity contribution in [1.29, 1.82) is 0 Å². The van der Waals surface area contributed by atoms with Gasteiger partial charge in [0.25, 0.3) is 0 Å². The van der Waals surface area contributed by atoms with E-state index in [1.54, 1.807) is 0 Å². The van der Waals surface area contributed by atoms with Gasteiger partial charge in [-0.15, -0.1) is 0 Å². The molecule has 30 heavy (non-hydrogen) atoms. The van der Waals surface area contributed by atoms with Gasteiger partial charge in [-0.3, -0.25) is 9.98 Å². The number of para-hydroxylation sites is 1. The largest absolute Gasteiger partial charge is 0.377 e. The van der Waals surface area contributed by atoms with Gasteiger partial charge in [0, 0.05) is 37.6 Å². The number of rotatable bonds is 5. The Bertz CT molecular complexity index is 1210. The van der Waals surface area contributed by atoms with Crippen molar-refractivity contribution >= 4 is 40.6 Å². The van der Waals surface area contributed by atoms with E-state index in [4.69, 9.17) is 0 Å². The van der Waals surface area contributed by atoms with Crippen LogP contribution in [0.4, 0.5) is 11.4 Å². The number of fused-ring (bicyclic) bond motifs is 1. The van der Waals surface area contributed by atoms with E-state index >= 15 is 0 Å². The van der Waals surface area contributed by atoms with Crippen molar-refractivity contribution in [3.8, 4) is 0 Å². The molecule has 0 atom stereocenters. The zero-order valence-corrected chi connectivity index (χ0v) is 17.6. The topological polar surface area (TPSA) is 28.5 Å². The van der Waals surface area contributed by atoms with Crippen LogP contribution in [0.5, 0.6) is 0 Å². The van der Waals surface area contributed by atoms with Crippen molar-refractivity contribution in [2.24, 2.45) is 4.99 Å². The minimum absolute atomic E-state index is 0.941. The zero-order valence-electron chi connectivity index (χ0n) is 17.6. The van der Waals surface area contributed by atoms with E-state index in [0.29, 0.717) is 0 Å². The van der Waals surface area contributed by atoms with E-state index in [9.17, 15) is 0 Å².